The Labute approximate surface area is 99.0 Å². The third kappa shape index (κ3) is 3.75. The quantitative estimate of drug-likeness (QED) is 0.761. The van der Waals surface area contributed by atoms with Crippen molar-refractivity contribution in [1.29, 1.82) is 5.26 Å². The van der Waals surface area contributed by atoms with E-state index in [1.165, 1.54) is 6.42 Å². The summed E-state index contributed by atoms with van der Waals surface area (Å²) >= 11 is 0. The van der Waals surface area contributed by atoms with Gasteiger partial charge >= 0.3 is 0 Å². The zero-order valence-corrected chi connectivity index (χ0v) is 10.7. The molecule has 2 N–H and O–H groups in total. The molecule has 0 aromatic heterocycles. The van der Waals surface area contributed by atoms with E-state index in [0.29, 0.717) is 6.04 Å². The average molecular weight is 224 g/mol. The van der Waals surface area contributed by atoms with Crippen LogP contribution in [-0.2, 0) is 0 Å². The number of nitrogens with zero attached hydrogens (tertiary/aromatic N) is 3. The number of rotatable bonds is 4. The summed E-state index contributed by atoms with van der Waals surface area (Å²) in [5.74, 6) is 0. The third-order valence-corrected chi connectivity index (χ3v) is 3.54. The van der Waals surface area contributed by atoms with E-state index in [1.54, 1.807) is 6.92 Å². The van der Waals surface area contributed by atoms with Crippen LogP contribution in [0, 0.1) is 11.3 Å². The van der Waals surface area contributed by atoms with E-state index in [2.05, 4.69) is 29.8 Å². The maximum absolute atomic E-state index is 8.86. The molecule has 1 aliphatic rings. The van der Waals surface area contributed by atoms with Crippen molar-refractivity contribution < 1.29 is 0 Å². The van der Waals surface area contributed by atoms with Crippen LogP contribution in [0.25, 0.3) is 0 Å². The highest BCUT2D eigenvalue weighted by molar-refractivity contribution is 5.01. The standard InChI is InChI=1S/C12H24N4/c1-4-11-9-16(8-7-15(11)3)6-5-12(2,14)10-13/h11H,4-9,14H2,1-3H3. The Kier molecular flexibility index (Phi) is 4.72. The lowest BCUT2D eigenvalue weighted by Gasteiger charge is -2.39. The van der Waals surface area contributed by atoms with Gasteiger partial charge in [0.25, 0.3) is 0 Å². The minimum absolute atomic E-state index is 0.653. The zero-order chi connectivity index (χ0) is 12.2. The van der Waals surface area contributed by atoms with Gasteiger partial charge in [0.2, 0.25) is 0 Å². The van der Waals surface area contributed by atoms with Crippen molar-refractivity contribution in [3.05, 3.63) is 0 Å². The summed E-state index contributed by atoms with van der Waals surface area (Å²) in [4.78, 5) is 4.85. The molecule has 1 saturated heterocycles. The number of hydrogen-bond donors (Lipinski definition) is 1. The van der Waals surface area contributed by atoms with Crippen LogP contribution in [0.5, 0.6) is 0 Å². The molecule has 92 valence electrons. The molecular weight excluding hydrogens is 200 g/mol. The molecule has 0 bridgehead atoms. The van der Waals surface area contributed by atoms with E-state index < -0.39 is 5.54 Å². The first-order chi connectivity index (χ1) is 7.48. The second-order valence-electron chi connectivity index (χ2n) is 5.12. The fraction of sp³-hybridized carbons (Fsp3) is 0.917. The van der Waals surface area contributed by atoms with Crippen LogP contribution in [0.1, 0.15) is 26.7 Å². The van der Waals surface area contributed by atoms with Gasteiger partial charge in [-0.05, 0) is 26.8 Å². The zero-order valence-electron chi connectivity index (χ0n) is 10.7. The number of piperazine rings is 1. The molecule has 2 atom stereocenters. The predicted octanol–water partition coefficient (Wildman–Crippen LogP) is 0.643. The van der Waals surface area contributed by atoms with Gasteiger partial charge in [-0.15, -0.1) is 0 Å². The lowest BCUT2D eigenvalue weighted by atomic mass is 10.0. The van der Waals surface area contributed by atoms with Crippen molar-refractivity contribution in [2.75, 3.05) is 33.2 Å². The molecule has 1 rings (SSSR count). The second-order valence-corrected chi connectivity index (χ2v) is 5.12. The molecule has 1 heterocycles. The van der Waals surface area contributed by atoms with E-state index in [1.807, 2.05) is 0 Å². The Morgan fingerprint density at radius 2 is 2.19 bits per heavy atom. The molecule has 0 aliphatic carbocycles. The first kappa shape index (κ1) is 13.4. The molecule has 4 heteroatoms. The Morgan fingerprint density at radius 3 is 2.75 bits per heavy atom. The lowest BCUT2D eigenvalue weighted by molar-refractivity contribution is 0.0898. The molecule has 1 fully saturated rings. The van der Waals surface area contributed by atoms with Gasteiger partial charge in [0.1, 0.15) is 5.54 Å². The molecular formula is C12H24N4. The smallest absolute Gasteiger partial charge is 0.102 e. The van der Waals surface area contributed by atoms with Gasteiger partial charge in [0.15, 0.2) is 0 Å². The van der Waals surface area contributed by atoms with E-state index in [0.717, 1.165) is 32.6 Å². The maximum Gasteiger partial charge on any atom is 0.102 e. The molecule has 4 nitrogen and oxygen atoms in total. The summed E-state index contributed by atoms with van der Waals surface area (Å²) in [5, 5.41) is 8.86. The van der Waals surface area contributed by atoms with Gasteiger partial charge in [-0.2, -0.15) is 5.26 Å². The van der Waals surface area contributed by atoms with Crippen LogP contribution in [0.3, 0.4) is 0 Å². The normalized spacial score (nSPS) is 27.3. The van der Waals surface area contributed by atoms with Crippen molar-refractivity contribution in [2.45, 2.75) is 38.3 Å². The van der Waals surface area contributed by atoms with Crippen molar-refractivity contribution in [1.82, 2.24) is 9.80 Å². The van der Waals surface area contributed by atoms with Gasteiger partial charge < -0.3 is 15.5 Å². The fourth-order valence-corrected chi connectivity index (χ4v) is 2.10. The molecule has 0 amide bonds. The molecule has 0 aromatic carbocycles. The first-order valence-corrected chi connectivity index (χ1v) is 6.11. The number of hydrogen-bond acceptors (Lipinski definition) is 4. The predicted molar refractivity (Wildman–Crippen MR) is 66.0 cm³/mol. The Morgan fingerprint density at radius 1 is 1.50 bits per heavy atom. The first-order valence-electron chi connectivity index (χ1n) is 6.11. The lowest BCUT2D eigenvalue weighted by Crippen LogP contribution is -2.52. The largest absolute Gasteiger partial charge is 0.314 e. The molecule has 2 unspecified atom stereocenters. The number of nitrogens with two attached hydrogens (primary N) is 1. The molecule has 0 spiro atoms. The topological polar surface area (TPSA) is 56.3 Å². The van der Waals surface area contributed by atoms with E-state index in [4.69, 9.17) is 11.0 Å². The van der Waals surface area contributed by atoms with Crippen LogP contribution in [-0.4, -0.2) is 54.6 Å². The highest BCUT2D eigenvalue weighted by Gasteiger charge is 2.25. The molecule has 16 heavy (non-hydrogen) atoms. The minimum Gasteiger partial charge on any atom is -0.314 e. The molecule has 0 aromatic rings. The number of likely N-dealkylation sites (N-methyl/N-ethyl adjacent to an activating group) is 1. The summed E-state index contributed by atoms with van der Waals surface area (Å²) < 4.78 is 0. The van der Waals surface area contributed by atoms with Crippen LogP contribution in [0.15, 0.2) is 0 Å². The average Bonchev–Trinajstić information content (AvgIpc) is 2.28. The molecule has 0 radical (unpaired) electrons. The van der Waals surface area contributed by atoms with Crippen molar-refractivity contribution in [2.24, 2.45) is 5.73 Å². The van der Waals surface area contributed by atoms with Crippen LogP contribution >= 0.6 is 0 Å². The molecule has 0 saturated carbocycles. The van der Waals surface area contributed by atoms with Crippen molar-refractivity contribution in [3.63, 3.8) is 0 Å². The monoisotopic (exact) mass is 224 g/mol. The van der Waals surface area contributed by atoms with E-state index in [9.17, 15) is 0 Å². The summed E-state index contributed by atoms with van der Waals surface area (Å²) in [5.41, 5.74) is 5.15. The highest BCUT2D eigenvalue weighted by Crippen LogP contribution is 2.13. The van der Waals surface area contributed by atoms with Crippen molar-refractivity contribution >= 4 is 0 Å². The second kappa shape index (κ2) is 5.62. The van der Waals surface area contributed by atoms with Gasteiger partial charge in [-0.3, -0.25) is 0 Å². The van der Waals surface area contributed by atoms with E-state index >= 15 is 0 Å². The Hall–Kier alpha value is -0.630. The minimum atomic E-state index is -0.676. The Bertz CT molecular complexity index is 256. The number of nitriles is 1. The third-order valence-electron chi connectivity index (χ3n) is 3.54. The van der Waals surface area contributed by atoms with Gasteiger partial charge in [0, 0.05) is 32.2 Å². The summed E-state index contributed by atoms with van der Waals surface area (Å²) in [6.07, 6.45) is 1.94. The van der Waals surface area contributed by atoms with Gasteiger partial charge in [-0.25, -0.2) is 0 Å². The van der Waals surface area contributed by atoms with Gasteiger partial charge in [-0.1, -0.05) is 6.92 Å². The summed E-state index contributed by atoms with van der Waals surface area (Å²) in [6.45, 7) is 8.29. The van der Waals surface area contributed by atoms with Crippen LogP contribution < -0.4 is 5.73 Å². The van der Waals surface area contributed by atoms with Crippen LogP contribution in [0.4, 0.5) is 0 Å². The van der Waals surface area contributed by atoms with Gasteiger partial charge in [0.05, 0.1) is 6.07 Å². The highest BCUT2D eigenvalue weighted by atomic mass is 15.3. The Balaban J connectivity index is 2.37. The maximum atomic E-state index is 8.86. The fourth-order valence-electron chi connectivity index (χ4n) is 2.10. The van der Waals surface area contributed by atoms with E-state index in [-0.39, 0.29) is 0 Å². The van der Waals surface area contributed by atoms with Crippen LogP contribution in [0.2, 0.25) is 0 Å². The summed E-state index contributed by atoms with van der Waals surface area (Å²) in [6, 6.07) is 2.81. The molecule has 1 aliphatic heterocycles. The summed E-state index contributed by atoms with van der Waals surface area (Å²) in [7, 11) is 2.19. The SMILES string of the molecule is CCC1CN(CCC(C)(N)C#N)CCN1C. The van der Waals surface area contributed by atoms with Crippen molar-refractivity contribution in [3.8, 4) is 6.07 Å².